The lowest BCUT2D eigenvalue weighted by Gasteiger charge is -2.31. The molecule has 2 aromatic heterocycles. The molecule has 0 radical (unpaired) electrons. The average molecular weight is 1010 g/mol. The molecule has 2 aliphatic rings. The van der Waals surface area contributed by atoms with Crippen molar-refractivity contribution < 1.29 is 48.1 Å². The van der Waals surface area contributed by atoms with Crippen LogP contribution in [-0.2, 0) is 62.2 Å². The van der Waals surface area contributed by atoms with Gasteiger partial charge < -0.3 is 65.6 Å². The van der Waals surface area contributed by atoms with Crippen molar-refractivity contribution in [1.82, 2.24) is 40.2 Å². The highest BCUT2D eigenvalue weighted by Crippen LogP contribution is 2.42. The van der Waals surface area contributed by atoms with Crippen LogP contribution >= 0.6 is 0 Å². The topological polar surface area (TPSA) is 269 Å². The predicted octanol–water partition coefficient (Wildman–Crippen LogP) is 4.30. The average Bonchev–Trinajstić information content (AvgIpc) is 3.72. The molecule has 6 rings (SSSR count). The molecule has 6 amide bonds. The number of carbonyl (C=O) groups excluding carboxylic acids is 6. The van der Waals surface area contributed by atoms with Crippen LogP contribution in [0.2, 0.25) is 0 Å². The molecule has 0 saturated carbocycles. The Balaban J connectivity index is 1.07. The smallest absolute Gasteiger partial charge is 0.415 e. The second-order valence-electron chi connectivity index (χ2n) is 19.5. The number of fused-ring (bicyclic) bond motifs is 5. The summed E-state index contributed by atoms with van der Waals surface area (Å²) >= 11 is 0. The molecule has 2 aromatic carbocycles. The number of likely N-dealkylation sites (N-methyl/N-ethyl adjacent to an activating group) is 2. The van der Waals surface area contributed by atoms with Crippen molar-refractivity contribution in [3.63, 3.8) is 0 Å². The number of carbonyl (C=O) groups is 6. The first-order valence-corrected chi connectivity index (χ1v) is 24.7. The van der Waals surface area contributed by atoms with E-state index < -0.39 is 47.8 Å². The monoisotopic (exact) mass is 1010 g/mol. The number of anilines is 1. The zero-order valence-corrected chi connectivity index (χ0v) is 43.5. The van der Waals surface area contributed by atoms with Crippen LogP contribution in [0.15, 0.2) is 47.3 Å². The fourth-order valence-corrected chi connectivity index (χ4v) is 9.08. The predicted molar refractivity (Wildman–Crippen MR) is 273 cm³/mol. The second-order valence-corrected chi connectivity index (χ2v) is 19.5. The Hall–Kier alpha value is -7.10. The Morgan fingerprint density at radius 1 is 0.918 bits per heavy atom. The molecule has 4 heterocycles. The number of hydrogen-bond acceptors (Lipinski definition) is 14. The number of urea groups is 1. The number of nitrogens with two attached hydrogens (primary N) is 1. The fraction of sp³-hybridized carbons (Fsp3) is 0.500. The van der Waals surface area contributed by atoms with Crippen LogP contribution in [-0.4, -0.2) is 131 Å². The van der Waals surface area contributed by atoms with E-state index >= 15 is 0 Å². The van der Waals surface area contributed by atoms with Crippen LogP contribution in [0.25, 0.3) is 22.3 Å². The van der Waals surface area contributed by atoms with Crippen molar-refractivity contribution in [2.75, 3.05) is 53.1 Å². The summed E-state index contributed by atoms with van der Waals surface area (Å²) in [5.74, 6) is -1.26. The Bertz CT molecular complexity index is 2790. The second kappa shape index (κ2) is 23.6. The molecule has 0 bridgehead atoms. The first-order chi connectivity index (χ1) is 34.6. The van der Waals surface area contributed by atoms with Crippen LogP contribution in [0, 0.1) is 5.92 Å². The number of primary amides is 1. The van der Waals surface area contributed by atoms with Crippen LogP contribution in [0.5, 0.6) is 5.75 Å². The van der Waals surface area contributed by atoms with E-state index in [4.69, 9.17) is 24.9 Å². The van der Waals surface area contributed by atoms with E-state index in [1.807, 2.05) is 53.6 Å². The minimum atomic E-state index is -1.95. The van der Waals surface area contributed by atoms with Gasteiger partial charge in [0.15, 0.2) is 5.60 Å². The first kappa shape index (κ1) is 55.2. The number of esters is 1. The number of nitrogens with zero attached hydrogens (tertiary/aromatic N) is 5. The van der Waals surface area contributed by atoms with Crippen molar-refractivity contribution in [1.29, 1.82) is 0 Å². The van der Waals surface area contributed by atoms with Crippen molar-refractivity contribution in [3.05, 3.63) is 86.2 Å². The molecular weight excluding hydrogens is 941 g/mol. The van der Waals surface area contributed by atoms with Gasteiger partial charge in [-0.2, -0.15) is 0 Å². The summed E-state index contributed by atoms with van der Waals surface area (Å²) in [6.07, 6.45) is -0.0572. The third-order valence-corrected chi connectivity index (χ3v) is 13.1. The zero-order chi connectivity index (χ0) is 53.5. The highest BCUT2D eigenvalue weighted by Gasteiger charge is 2.45. The largest absolute Gasteiger partial charge is 0.458 e. The number of rotatable bonds is 21. The van der Waals surface area contributed by atoms with Gasteiger partial charge in [0.2, 0.25) is 11.8 Å². The van der Waals surface area contributed by atoms with Gasteiger partial charge in [0, 0.05) is 74.1 Å². The molecule has 73 heavy (non-hydrogen) atoms. The number of aromatic nitrogens is 2. The Morgan fingerprint density at radius 2 is 1.60 bits per heavy atom. The molecule has 3 atom stereocenters. The maximum absolute atomic E-state index is 13.9. The quantitative estimate of drug-likeness (QED) is 0.0442. The number of aryl methyl sites for hydroxylation is 1. The van der Waals surface area contributed by atoms with Gasteiger partial charge in [-0.25, -0.2) is 24.2 Å². The Kier molecular flexibility index (Phi) is 17.9. The minimum absolute atomic E-state index is 0.0309. The molecule has 21 heteroatoms. The van der Waals surface area contributed by atoms with E-state index in [2.05, 4.69) is 21.3 Å². The zero-order valence-electron chi connectivity index (χ0n) is 43.5. The molecule has 7 N–H and O–H groups in total. The summed E-state index contributed by atoms with van der Waals surface area (Å²) in [5, 5.41) is 23.6. The lowest BCUT2D eigenvalue weighted by atomic mass is 9.86. The van der Waals surface area contributed by atoms with Gasteiger partial charge in [-0.05, 0) is 87.2 Å². The van der Waals surface area contributed by atoms with Gasteiger partial charge in [0.05, 0.1) is 35.1 Å². The summed E-state index contributed by atoms with van der Waals surface area (Å²) in [6, 6.07) is 9.78. The van der Waals surface area contributed by atoms with Gasteiger partial charge in [-0.1, -0.05) is 53.7 Å². The maximum atomic E-state index is 13.9. The highest BCUT2D eigenvalue weighted by atomic mass is 16.6. The molecular formula is C52H70N10O11. The number of amides is 6. The Labute approximate surface area is 425 Å². The van der Waals surface area contributed by atoms with E-state index in [1.165, 1.54) is 9.80 Å². The molecule has 0 aliphatic carbocycles. The van der Waals surface area contributed by atoms with Gasteiger partial charge in [-0.3, -0.25) is 14.4 Å². The van der Waals surface area contributed by atoms with E-state index in [9.17, 15) is 38.7 Å². The molecule has 2 aliphatic heterocycles. The van der Waals surface area contributed by atoms with Gasteiger partial charge in [0.25, 0.3) is 5.56 Å². The van der Waals surface area contributed by atoms with Crippen molar-refractivity contribution in [3.8, 4) is 17.1 Å². The number of cyclic esters (lactones) is 1. The molecule has 0 unspecified atom stereocenters. The number of aliphatic hydroxyl groups is 1. The SMILES string of the molecule is CCc1c2c(nc3ccc(OC(=O)N(C)CCN(C)C(=O)OCc4ccc(NC(=O)[C@H](CCCNC(N)=O)NC(=O)[C@@H](NC(C)C)C(C)C)cc4)c(CN(C)C)c13)-c1cc3c(c(=O)n1C2)COC(=O)[C@]3(O)CC. The number of hydrogen-bond donors (Lipinski definition) is 6. The van der Waals surface area contributed by atoms with E-state index in [1.54, 1.807) is 68.1 Å². The summed E-state index contributed by atoms with van der Waals surface area (Å²) in [6.45, 7) is 12.1. The number of ether oxygens (including phenoxy) is 3. The van der Waals surface area contributed by atoms with Crippen molar-refractivity contribution in [2.45, 2.75) is 117 Å². The first-order valence-electron chi connectivity index (χ1n) is 24.7. The van der Waals surface area contributed by atoms with E-state index in [0.29, 0.717) is 53.3 Å². The van der Waals surface area contributed by atoms with Crippen molar-refractivity contribution in [2.24, 2.45) is 11.7 Å². The fourth-order valence-electron chi connectivity index (χ4n) is 9.08. The summed E-state index contributed by atoms with van der Waals surface area (Å²) < 4.78 is 18.5. The molecule has 0 spiro atoms. The third kappa shape index (κ3) is 12.6. The van der Waals surface area contributed by atoms with Gasteiger partial charge >= 0.3 is 24.2 Å². The summed E-state index contributed by atoms with van der Waals surface area (Å²) in [5.41, 5.74) is 8.64. The molecule has 4 aromatic rings. The molecule has 0 fully saturated rings. The summed E-state index contributed by atoms with van der Waals surface area (Å²) in [4.78, 5) is 101. The number of benzene rings is 2. The molecule has 394 valence electrons. The molecule has 0 saturated heterocycles. The maximum Gasteiger partial charge on any atom is 0.415 e. The van der Waals surface area contributed by atoms with Crippen LogP contribution in [0.3, 0.4) is 0 Å². The third-order valence-electron chi connectivity index (χ3n) is 13.1. The number of nitrogens with one attached hydrogen (secondary N) is 4. The summed E-state index contributed by atoms with van der Waals surface area (Å²) in [7, 11) is 6.92. The van der Waals surface area contributed by atoms with E-state index in [0.717, 1.165) is 22.1 Å². The van der Waals surface area contributed by atoms with Crippen LogP contribution in [0.4, 0.5) is 20.1 Å². The number of pyridine rings is 2. The lowest BCUT2D eigenvalue weighted by molar-refractivity contribution is -0.172. The van der Waals surface area contributed by atoms with Gasteiger partial charge in [0.1, 0.15) is 25.0 Å². The van der Waals surface area contributed by atoms with Gasteiger partial charge in [-0.15, -0.1) is 0 Å². The highest BCUT2D eigenvalue weighted by molar-refractivity contribution is 5.98. The normalized spacial score (nSPS) is 15.5. The molecule has 21 nitrogen and oxygen atoms in total. The Morgan fingerprint density at radius 3 is 2.22 bits per heavy atom. The standard InChI is InChI=1S/C52H70N10O11/c1-11-33-34-26-62-40(24-37-36(47(62)65)28-71-48(66)52(37,70)12-2)44(34)57-38-19-20-41(35(42(33)38)25-59(7)8)73-51(69)61(10)23-22-60(9)50(68)72-27-31-15-17-32(18-16-31)56-45(63)39(14-13-21-54-49(53)67)58-46(64)43(29(3)4)55-30(5)6/h15-20,24,29-30,39,43,55,70H,11-14,21-23,25-28H2,1-10H3,(H,56,63)(H,58,64)(H3,53,54,67)/t39-,43-,52-/m0/s1. The minimum Gasteiger partial charge on any atom is -0.458 e. The van der Waals surface area contributed by atoms with Crippen molar-refractivity contribution >= 4 is 52.6 Å². The van der Waals surface area contributed by atoms with Crippen LogP contribution < -0.4 is 37.3 Å². The van der Waals surface area contributed by atoms with E-state index in [-0.39, 0.29) is 86.8 Å². The lowest BCUT2D eigenvalue weighted by Crippen LogP contribution is -2.54. The van der Waals surface area contributed by atoms with Crippen LogP contribution in [0.1, 0.15) is 94.2 Å².